The zero-order valence-corrected chi connectivity index (χ0v) is 14.1. The van der Waals surface area contributed by atoms with Crippen molar-refractivity contribution >= 4 is 17.5 Å². The summed E-state index contributed by atoms with van der Waals surface area (Å²) in [5, 5.41) is 20.2. The summed E-state index contributed by atoms with van der Waals surface area (Å²) in [4.78, 5) is 17.3. The Balaban J connectivity index is 2.04. The molecule has 3 aromatic rings. The fourth-order valence-electron chi connectivity index (χ4n) is 2.68. The average Bonchev–Trinajstić information content (AvgIpc) is 3.01. The lowest BCUT2D eigenvalue weighted by atomic mass is 9.98. The molecular weight excluding hydrogens is 330 g/mol. The number of hydrogen-bond donors (Lipinski definition) is 2. The predicted octanol–water partition coefficient (Wildman–Crippen LogP) is 4.73. The van der Waals surface area contributed by atoms with Crippen LogP contribution in [0.4, 0.5) is 5.82 Å². The smallest absolute Gasteiger partial charge is 0.363 e. The summed E-state index contributed by atoms with van der Waals surface area (Å²) in [7, 11) is 0. The number of aromatic amines is 1. The van der Waals surface area contributed by atoms with Gasteiger partial charge in [0.15, 0.2) is 0 Å². The summed E-state index contributed by atoms with van der Waals surface area (Å²) in [6, 6.07) is 9.99. The molecule has 2 aromatic heterocycles. The van der Waals surface area contributed by atoms with Crippen LogP contribution in [0.2, 0.25) is 0 Å². The summed E-state index contributed by atoms with van der Waals surface area (Å²) in [6.07, 6.45) is 7.02. The largest absolute Gasteiger partial charge is 0.508 e. The van der Waals surface area contributed by atoms with Crippen LogP contribution in [0.25, 0.3) is 22.8 Å². The van der Waals surface area contributed by atoms with E-state index in [1.54, 1.807) is 24.3 Å². The topological polar surface area (TPSA) is 92.0 Å². The van der Waals surface area contributed by atoms with E-state index in [0.29, 0.717) is 0 Å². The van der Waals surface area contributed by atoms with Crippen LogP contribution in [-0.4, -0.2) is 20.0 Å². The molecule has 0 aliphatic rings. The van der Waals surface area contributed by atoms with E-state index in [9.17, 15) is 15.2 Å². The number of aryl methyl sites for hydroxylation is 1. The average molecular weight is 347 g/mol. The molecule has 1 aromatic carbocycles. The van der Waals surface area contributed by atoms with Gasteiger partial charge >= 0.3 is 5.82 Å². The van der Waals surface area contributed by atoms with E-state index >= 15 is 0 Å². The van der Waals surface area contributed by atoms with Gasteiger partial charge < -0.3 is 20.2 Å². The number of pyridine rings is 1. The van der Waals surface area contributed by atoms with Gasteiger partial charge in [0.05, 0.1) is 0 Å². The first-order chi connectivity index (χ1) is 12.5. The minimum absolute atomic E-state index is 0.195. The molecule has 26 heavy (non-hydrogen) atoms. The summed E-state index contributed by atoms with van der Waals surface area (Å²) in [5.74, 6) is 0.0154. The van der Waals surface area contributed by atoms with E-state index in [2.05, 4.69) is 16.5 Å². The zero-order valence-electron chi connectivity index (χ0n) is 14.1. The summed E-state index contributed by atoms with van der Waals surface area (Å²) in [6.45, 7) is 5.81. The lowest BCUT2D eigenvalue weighted by molar-refractivity contribution is -0.389. The van der Waals surface area contributed by atoms with Crippen molar-refractivity contribution in [1.29, 1.82) is 0 Å². The number of phenols is 1. The lowest BCUT2D eigenvalue weighted by Gasteiger charge is -2.05. The summed E-state index contributed by atoms with van der Waals surface area (Å²) >= 11 is 0. The van der Waals surface area contributed by atoms with Gasteiger partial charge in [-0.05, 0) is 52.2 Å². The van der Waals surface area contributed by atoms with Crippen LogP contribution >= 0.6 is 0 Å². The van der Waals surface area contributed by atoms with Crippen LogP contribution in [0, 0.1) is 17.0 Å². The van der Waals surface area contributed by atoms with Gasteiger partial charge in [-0.1, -0.05) is 24.8 Å². The number of nitro groups is 1. The molecule has 130 valence electrons. The SMILES string of the molecule is C=C/C(=C\c1c(-c2ccc(O)cc2)c[nH]c1C)c1ccc([N+](=O)[O-])nc1. The lowest BCUT2D eigenvalue weighted by Crippen LogP contribution is -1.92. The molecule has 2 heterocycles. The molecule has 0 saturated carbocycles. The van der Waals surface area contributed by atoms with E-state index < -0.39 is 4.92 Å². The van der Waals surface area contributed by atoms with Crippen LogP contribution in [0.1, 0.15) is 16.8 Å². The molecule has 0 unspecified atom stereocenters. The number of H-pyrrole nitrogens is 1. The number of aromatic nitrogens is 2. The van der Waals surface area contributed by atoms with Crippen molar-refractivity contribution in [2.75, 3.05) is 0 Å². The second-order valence-electron chi connectivity index (χ2n) is 5.75. The summed E-state index contributed by atoms with van der Waals surface area (Å²) < 4.78 is 0. The van der Waals surface area contributed by atoms with Gasteiger partial charge in [-0.3, -0.25) is 0 Å². The van der Waals surface area contributed by atoms with E-state index in [0.717, 1.165) is 33.5 Å². The monoisotopic (exact) mass is 347 g/mol. The van der Waals surface area contributed by atoms with Crippen LogP contribution in [0.5, 0.6) is 5.75 Å². The molecule has 0 aliphatic heterocycles. The van der Waals surface area contributed by atoms with Crippen LogP contribution in [0.3, 0.4) is 0 Å². The van der Waals surface area contributed by atoms with Gasteiger partial charge in [0.1, 0.15) is 11.9 Å². The molecular formula is C20H17N3O3. The number of nitrogens with one attached hydrogen (secondary N) is 1. The maximum atomic E-state index is 10.8. The highest BCUT2D eigenvalue weighted by atomic mass is 16.6. The number of nitrogens with zero attached hydrogens (tertiary/aromatic N) is 2. The molecule has 0 radical (unpaired) electrons. The predicted molar refractivity (Wildman–Crippen MR) is 102 cm³/mol. The van der Waals surface area contributed by atoms with E-state index in [1.807, 2.05) is 31.3 Å². The maximum absolute atomic E-state index is 10.8. The van der Waals surface area contributed by atoms with Crippen molar-refractivity contribution in [3.05, 3.63) is 88.4 Å². The molecule has 3 rings (SSSR count). The zero-order chi connectivity index (χ0) is 18.7. The Morgan fingerprint density at radius 1 is 1.27 bits per heavy atom. The highest BCUT2D eigenvalue weighted by molar-refractivity contribution is 5.91. The van der Waals surface area contributed by atoms with Gasteiger partial charge in [-0.2, -0.15) is 0 Å². The Morgan fingerprint density at radius 3 is 2.58 bits per heavy atom. The molecule has 0 aliphatic carbocycles. The molecule has 6 heteroatoms. The first-order valence-electron chi connectivity index (χ1n) is 7.92. The third kappa shape index (κ3) is 3.39. The van der Waals surface area contributed by atoms with E-state index in [4.69, 9.17) is 0 Å². The van der Waals surface area contributed by atoms with Crippen LogP contribution in [-0.2, 0) is 0 Å². The van der Waals surface area contributed by atoms with E-state index in [-0.39, 0.29) is 11.6 Å². The number of allylic oxidation sites excluding steroid dienone is 2. The molecule has 0 fully saturated rings. The van der Waals surface area contributed by atoms with Gasteiger partial charge in [-0.15, -0.1) is 0 Å². The molecule has 0 amide bonds. The normalized spacial score (nSPS) is 11.3. The van der Waals surface area contributed by atoms with Crippen molar-refractivity contribution in [3.63, 3.8) is 0 Å². The highest BCUT2D eigenvalue weighted by Crippen LogP contribution is 2.31. The number of hydrogen-bond acceptors (Lipinski definition) is 4. The Labute approximate surface area is 150 Å². The standard InChI is InChI=1S/C20H17N3O3/c1-3-14(16-6-9-20(22-11-16)23(25)26)10-18-13(2)21-12-19(18)15-4-7-17(24)8-5-15/h3-12,21,24H,1H2,2H3/b14-10+. The first kappa shape index (κ1) is 17.2. The van der Waals surface area contributed by atoms with Crippen molar-refractivity contribution < 1.29 is 10.0 Å². The maximum Gasteiger partial charge on any atom is 0.363 e. The third-order valence-electron chi connectivity index (χ3n) is 4.09. The molecule has 0 atom stereocenters. The molecule has 2 N–H and O–H groups in total. The molecule has 0 bridgehead atoms. The molecule has 0 spiro atoms. The van der Waals surface area contributed by atoms with Gasteiger partial charge in [0.25, 0.3) is 0 Å². The van der Waals surface area contributed by atoms with Crippen molar-refractivity contribution in [3.8, 4) is 16.9 Å². The quantitative estimate of drug-likeness (QED) is 0.396. The second-order valence-corrected chi connectivity index (χ2v) is 5.75. The minimum atomic E-state index is -0.527. The van der Waals surface area contributed by atoms with E-state index in [1.165, 1.54) is 12.3 Å². The van der Waals surface area contributed by atoms with Gasteiger partial charge in [0, 0.05) is 34.6 Å². The van der Waals surface area contributed by atoms with Crippen molar-refractivity contribution in [2.45, 2.75) is 6.92 Å². The first-order valence-corrected chi connectivity index (χ1v) is 7.92. The Hall–Kier alpha value is -3.67. The van der Waals surface area contributed by atoms with Crippen LogP contribution < -0.4 is 0 Å². The highest BCUT2D eigenvalue weighted by Gasteiger charge is 2.12. The Morgan fingerprint density at radius 2 is 2.00 bits per heavy atom. The molecule has 0 saturated heterocycles. The van der Waals surface area contributed by atoms with Crippen molar-refractivity contribution in [2.24, 2.45) is 0 Å². The number of rotatable bonds is 5. The van der Waals surface area contributed by atoms with Crippen LogP contribution in [0.15, 0.2) is 61.4 Å². The van der Waals surface area contributed by atoms with Gasteiger partial charge in [0.2, 0.25) is 0 Å². The minimum Gasteiger partial charge on any atom is -0.508 e. The fourth-order valence-corrected chi connectivity index (χ4v) is 2.68. The third-order valence-corrected chi connectivity index (χ3v) is 4.09. The fraction of sp³-hybridized carbons (Fsp3) is 0.0500. The number of phenolic OH excluding ortho intramolecular Hbond substituents is 1. The van der Waals surface area contributed by atoms with Crippen molar-refractivity contribution in [1.82, 2.24) is 9.97 Å². The summed E-state index contributed by atoms with van der Waals surface area (Å²) in [5.41, 5.74) is 5.43. The number of aromatic hydroxyl groups is 1. The second kappa shape index (κ2) is 7.06. The number of benzene rings is 1. The molecule has 6 nitrogen and oxygen atoms in total. The van der Waals surface area contributed by atoms with Gasteiger partial charge in [-0.25, -0.2) is 0 Å². The Kier molecular flexibility index (Phi) is 4.66. The Bertz CT molecular complexity index is 984.